The molecule has 2 heterocycles. The van der Waals surface area contributed by atoms with Crippen molar-refractivity contribution >= 4 is 28.3 Å². The molecule has 1 saturated carbocycles. The first-order valence-corrected chi connectivity index (χ1v) is 12.5. The maximum absolute atomic E-state index is 13.0. The number of hydrogen-bond donors (Lipinski definition) is 1. The topological polar surface area (TPSA) is 58.6 Å². The van der Waals surface area contributed by atoms with Gasteiger partial charge in [-0.3, -0.25) is 4.79 Å². The van der Waals surface area contributed by atoms with Crippen LogP contribution >= 0.6 is 11.6 Å². The van der Waals surface area contributed by atoms with Crippen molar-refractivity contribution in [3.63, 3.8) is 0 Å². The van der Waals surface area contributed by atoms with Crippen molar-refractivity contribution in [1.29, 1.82) is 0 Å². The number of carbonyl (C=O) groups excluding carboxylic acids is 1. The molecule has 1 aliphatic rings. The Morgan fingerprint density at radius 2 is 1.97 bits per heavy atom. The van der Waals surface area contributed by atoms with Gasteiger partial charge in [-0.25, -0.2) is 9.97 Å². The van der Waals surface area contributed by atoms with Crippen LogP contribution in [0, 0.1) is 18.3 Å². The molecule has 0 aliphatic heterocycles. The zero-order valence-electron chi connectivity index (χ0n) is 19.8. The number of ketones is 1. The van der Waals surface area contributed by atoms with E-state index >= 15 is 0 Å². The third kappa shape index (κ3) is 4.78. The lowest BCUT2D eigenvalue weighted by atomic mass is 9.67. The number of nitrogens with one attached hydrogen (secondary N) is 1. The maximum atomic E-state index is 13.0. The fraction of sp³-hybridized carbons (Fsp3) is 0.345. The monoisotopic (exact) mass is 471 g/mol. The van der Waals surface area contributed by atoms with Gasteiger partial charge in [0.15, 0.2) is 5.78 Å². The Hall–Kier alpha value is -2.98. The minimum atomic E-state index is 0.0109. The van der Waals surface area contributed by atoms with Gasteiger partial charge in [0.25, 0.3) is 0 Å². The third-order valence-corrected chi connectivity index (χ3v) is 7.52. The number of benzene rings is 2. The minimum absolute atomic E-state index is 0.0109. The standard InChI is InChI=1S/C29H30ClN3O/c1-19-9-11-21(12-10-19)26(34)16-29(2)13-5-6-20(15-29)14-27-32-18-24(30)28(33-27)23-17-31-25-8-4-3-7-22(23)25/h3-4,7-12,17-18,20,31H,5-6,13-16H2,1-2H3/t20-,29-/m0/s1. The molecule has 5 rings (SSSR count). The Bertz CT molecular complexity index is 1330. The van der Waals surface area contributed by atoms with E-state index in [0.29, 0.717) is 17.4 Å². The van der Waals surface area contributed by atoms with Gasteiger partial charge in [0.2, 0.25) is 0 Å². The summed E-state index contributed by atoms with van der Waals surface area (Å²) < 4.78 is 0. The number of rotatable bonds is 6. The lowest BCUT2D eigenvalue weighted by Gasteiger charge is -2.37. The minimum Gasteiger partial charge on any atom is -0.360 e. The van der Waals surface area contributed by atoms with E-state index in [1.54, 1.807) is 6.20 Å². The van der Waals surface area contributed by atoms with Crippen molar-refractivity contribution in [1.82, 2.24) is 15.0 Å². The summed E-state index contributed by atoms with van der Waals surface area (Å²) in [5.41, 5.74) is 4.85. The zero-order chi connectivity index (χ0) is 23.7. The van der Waals surface area contributed by atoms with Crippen LogP contribution in [0.15, 0.2) is 60.9 Å². The maximum Gasteiger partial charge on any atom is 0.163 e. The van der Waals surface area contributed by atoms with Gasteiger partial charge in [-0.05, 0) is 43.6 Å². The molecule has 0 bridgehead atoms. The molecule has 1 N–H and O–H groups in total. The summed E-state index contributed by atoms with van der Waals surface area (Å²) in [5.74, 6) is 1.53. The molecule has 0 amide bonds. The van der Waals surface area contributed by atoms with E-state index in [9.17, 15) is 4.79 Å². The summed E-state index contributed by atoms with van der Waals surface area (Å²) in [6.45, 7) is 4.31. The molecule has 2 aromatic heterocycles. The lowest BCUT2D eigenvalue weighted by Crippen LogP contribution is -2.29. The van der Waals surface area contributed by atoms with Crippen molar-refractivity contribution in [3.8, 4) is 11.3 Å². The number of para-hydroxylation sites is 1. The molecule has 0 unspecified atom stereocenters. The lowest BCUT2D eigenvalue weighted by molar-refractivity contribution is 0.0835. The zero-order valence-corrected chi connectivity index (χ0v) is 20.5. The fourth-order valence-electron chi connectivity index (χ4n) is 5.50. The molecule has 4 nitrogen and oxygen atoms in total. The summed E-state index contributed by atoms with van der Waals surface area (Å²) in [6, 6.07) is 16.1. The number of aryl methyl sites for hydroxylation is 1. The Balaban J connectivity index is 1.32. The second-order valence-electron chi connectivity index (χ2n) is 10.2. The van der Waals surface area contributed by atoms with Crippen molar-refractivity contribution in [2.75, 3.05) is 0 Å². The smallest absolute Gasteiger partial charge is 0.163 e. The fourth-order valence-corrected chi connectivity index (χ4v) is 5.69. The van der Waals surface area contributed by atoms with Crippen LogP contribution in [0.5, 0.6) is 0 Å². The molecule has 2 aromatic carbocycles. The van der Waals surface area contributed by atoms with Gasteiger partial charge < -0.3 is 4.98 Å². The molecular formula is C29H30ClN3O. The molecule has 0 spiro atoms. The van der Waals surface area contributed by atoms with Gasteiger partial charge in [0.1, 0.15) is 5.82 Å². The molecule has 2 atom stereocenters. The van der Waals surface area contributed by atoms with Gasteiger partial charge in [-0.15, -0.1) is 0 Å². The van der Waals surface area contributed by atoms with E-state index in [1.807, 2.05) is 49.5 Å². The third-order valence-electron chi connectivity index (χ3n) is 7.24. The molecule has 1 aliphatic carbocycles. The molecule has 1 fully saturated rings. The van der Waals surface area contributed by atoms with Crippen LogP contribution in [0.2, 0.25) is 5.02 Å². The number of carbonyl (C=O) groups is 1. The summed E-state index contributed by atoms with van der Waals surface area (Å²) in [6.07, 6.45) is 9.46. The first-order chi connectivity index (χ1) is 16.4. The molecule has 34 heavy (non-hydrogen) atoms. The van der Waals surface area contributed by atoms with Crippen LogP contribution in [-0.4, -0.2) is 20.7 Å². The molecular weight excluding hydrogens is 442 g/mol. The average molecular weight is 472 g/mol. The second-order valence-corrected chi connectivity index (χ2v) is 10.6. The second kappa shape index (κ2) is 9.34. The van der Waals surface area contributed by atoms with E-state index in [0.717, 1.165) is 65.7 Å². The first-order valence-electron chi connectivity index (χ1n) is 12.1. The van der Waals surface area contributed by atoms with Crippen molar-refractivity contribution in [2.24, 2.45) is 11.3 Å². The molecule has 0 radical (unpaired) electrons. The summed E-state index contributed by atoms with van der Waals surface area (Å²) >= 11 is 6.52. The Morgan fingerprint density at radius 1 is 1.18 bits per heavy atom. The van der Waals surface area contributed by atoms with E-state index in [2.05, 4.69) is 29.0 Å². The van der Waals surface area contributed by atoms with Gasteiger partial charge in [-0.2, -0.15) is 0 Å². The summed E-state index contributed by atoms with van der Waals surface area (Å²) in [5, 5.41) is 1.67. The number of aromatic nitrogens is 3. The van der Waals surface area contributed by atoms with Crippen LogP contribution in [-0.2, 0) is 6.42 Å². The van der Waals surface area contributed by atoms with Crippen molar-refractivity contribution < 1.29 is 4.79 Å². The number of nitrogens with zero attached hydrogens (tertiary/aromatic N) is 2. The molecule has 0 saturated heterocycles. The number of halogens is 1. The average Bonchev–Trinajstić information content (AvgIpc) is 3.24. The molecule has 5 heteroatoms. The van der Waals surface area contributed by atoms with E-state index < -0.39 is 0 Å². The Morgan fingerprint density at radius 3 is 2.79 bits per heavy atom. The number of Topliss-reactive ketones (excluding diaryl/α,β-unsaturated/α-hetero) is 1. The highest BCUT2D eigenvalue weighted by atomic mass is 35.5. The van der Waals surface area contributed by atoms with Crippen LogP contribution in [0.25, 0.3) is 22.2 Å². The predicted molar refractivity (Wildman–Crippen MR) is 138 cm³/mol. The van der Waals surface area contributed by atoms with Gasteiger partial charge in [0.05, 0.1) is 10.7 Å². The van der Waals surface area contributed by atoms with E-state index in [1.165, 1.54) is 5.56 Å². The highest BCUT2D eigenvalue weighted by Crippen LogP contribution is 2.43. The number of aromatic amines is 1. The van der Waals surface area contributed by atoms with Gasteiger partial charge in [-0.1, -0.05) is 73.0 Å². The Kier molecular flexibility index (Phi) is 6.26. The Labute approximate surface area is 205 Å². The van der Waals surface area contributed by atoms with Crippen LogP contribution in [0.1, 0.15) is 60.8 Å². The molecule has 4 aromatic rings. The van der Waals surface area contributed by atoms with E-state index in [4.69, 9.17) is 16.6 Å². The van der Waals surface area contributed by atoms with Gasteiger partial charge >= 0.3 is 0 Å². The highest BCUT2D eigenvalue weighted by molar-refractivity contribution is 6.33. The van der Waals surface area contributed by atoms with Crippen LogP contribution in [0.4, 0.5) is 0 Å². The first kappa shape index (κ1) is 22.8. The van der Waals surface area contributed by atoms with E-state index in [-0.39, 0.29) is 11.2 Å². The normalized spacial score (nSPS) is 20.5. The number of hydrogen-bond acceptors (Lipinski definition) is 3. The highest BCUT2D eigenvalue weighted by Gasteiger charge is 2.34. The molecule has 174 valence electrons. The predicted octanol–water partition coefficient (Wildman–Crippen LogP) is 7.60. The number of H-pyrrole nitrogens is 1. The quantitative estimate of drug-likeness (QED) is 0.294. The SMILES string of the molecule is Cc1ccc(C(=O)C[C@@]2(C)CCC[C@@H](Cc3ncc(Cl)c(-c4c[nH]c5ccccc45)n3)C2)cc1. The summed E-state index contributed by atoms with van der Waals surface area (Å²) in [7, 11) is 0. The van der Waals surface area contributed by atoms with Gasteiger partial charge in [0, 0.05) is 47.3 Å². The summed E-state index contributed by atoms with van der Waals surface area (Å²) in [4.78, 5) is 25.7. The van der Waals surface area contributed by atoms with Crippen LogP contribution in [0.3, 0.4) is 0 Å². The largest absolute Gasteiger partial charge is 0.360 e. The number of fused-ring (bicyclic) bond motifs is 1. The van der Waals surface area contributed by atoms with Crippen molar-refractivity contribution in [2.45, 2.75) is 52.4 Å². The van der Waals surface area contributed by atoms with Crippen molar-refractivity contribution in [3.05, 3.63) is 82.9 Å². The van der Waals surface area contributed by atoms with Crippen LogP contribution < -0.4 is 0 Å².